The van der Waals surface area contributed by atoms with Gasteiger partial charge in [0.15, 0.2) is 5.76 Å². The van der Waals surface area contributed by atoms with Crippen molar-refractivity contribution in [1.82, 2.24) is 10.6 Å². The number of fused-ring (bicyclic) bond motifs is 1. The second-order valence-electron chi connectivity index (χ2n) is 12.2. The van der Waals surface area contributed by atoms with Crippen molar-refractivity contribution in [3.05, 3.63) is 59.4 Å². The van der Waals surface area contributed by atoms with E-state index in [-0.39, 0.29) is 24.4 Å². The lowest BCUT2D eigenvalue weighted by atomic mass is 9.78. The standard InChI is InChI=1S/C30H32F2N4O5S/c1-27-18-21(20-4-7-23(8-5-20)36-15-2-16-42(36,39)40)3-6-22(27)17-24(41-27)25(37)34-29(11-13-30(31,32)14-12-29)26(38)35-28(19-33)9-10-28/h3-8,17H,2,9-16,18H2,1H3,(H,34,37)(H,35,38). The molecule has 2 amide bonds. The molecule has 1 atom stereocenters. The monoisotopic (exact) mass is 598 g/mol. The van der Waals surface area contributed by atoms with Crippen LogP contribution in [0.3, 0.4) is 0 Å². The summed E-state index contributed by atoms with van der Waals surface area (Å²) in [4.78, 5) is 26.8. The first-order valence-electron chi connectivity index (χ1n) is 14.2. The van der Waals surface area contributed by atoms with E-state index in [1.54, 1.807) is 18.2 Å². The summed E-state index contributed by atoms with van der Waals surface area (Å²) in [5.41, 5.74) is -0.260. The van der Waals surface area contributed by atoms with Crippen LogP contribution < -0.4 is 14.9 Å². The van der Waals surface area contributed by atoms with Gasteiger partial charge in [0.25, 0.3) is 5.91 Å². The molecule has 2 N–H and O–H groups in total. The van der Waals surface area contributed by atoms with Crippen LogP contribution in [-0.4, -0.2) is 55.1 Å². The van der Waals surface area contributed by atoms with Gasteiger partial charge in [-0.2, -0.15) is 5.26 Å². The summed E-state index contributed by atoms with van der Waals surface area (Å²) in [6, 6.07) is 9.36. The molecule has 12 heteroatoms. The van der Waals surface area contributed by atoms with Crippen molar-refractivity contribution in [2.75, 3.05) is 16.6 Å². The molecule has 42 heavy (non-hydrogen) atoms. The van der Waals surface area contributed by atoms with Crippen LogP contribution in [0.2, 0.25) is 0 Å². The summed E-state index contributed by atoms with van der Waals surface area (Å²) >= 11 is 0. The Morgan fingerprint density at radius 1 is 1.02 bits per heavy atom. The maximum Gasteiger partial charge on any atom is 0.287 e. The van der Waals surface area contributed by atoms with Gasteiger partial charge < -0.3 is 15.4 Å². The molecule has 1 saturated heterocycles. The minimum absolute atomic E-state index is 0.0149. The smallest absolute Gasteiger partial charge is 0.287 e. The number of hydrogen-bond donors (Lipinski definition) is 2. The van der Waals surface area contributed by atoms with Crippen molar-refractivity contribution < 1.29 is 31.5 Å². The number of carbonyl (C=O) groups is 2. The zero-order chi connectivity index (χ0) is 30.0. The quantitative estimate of drug-likeness (QED) is 0.512. The van der Waals surface area contributed by atoms with Gasteiger partial charge in [0.2, 0.25) is 21.9 Å². The molecule has 1 unspecified atom stereocenters. The van der Waals surface area contributed by atoms with Gasteiger partial charge in [0.05, 0.1) is 17.5 Å². The fourth-order valence-electron chi connectivity index (χ4n) is 6.14. The first-order valence-corrected chi connectivity index (χ1v) is 15.8. The predicted octanol–water partition coefficient (Wildman–Crippen LogP) is 3.85. The van der Waals surface area contributed by atoms with Gasteiger partial charge in [-0.15, -0.1) is 0 Å². The van der Waals surface area contributed by atoms with E-state index in [4.69, 9.17) is 4.74 Å². The van der Waals surface area contributed by atoms with Crippen LogP contribution in [0, 0.1) is 11.3 Å². The molecule has 9 nitrogen and oxygen atoms in total. The molecule has 1 aromatic rings. The number of allylic oxidation sites excluding steroid dienone is 2. The van der Waals surface area contributed by atoms with Crippen LogP contribution in [0.15, 0.2) is 53.8 Å². The molecular formula is C30H32F2N4O5S. The predicted molar refractivity (Wildman–Crippen MR) is 150 cm³/mol. The first kappa shape index (κ1) is 28.4. The third-order valence-corrected chi connectivity index (χ3v) is 10.9. The van der Waals surface area contributed by atoms with Crippen molar-refractivity contribution >= 4 is 33.1 Å². The number of anilines is 1. The highest BCUT2D eigenvalue weighted by molar-refractivity contribution is 7.93. The molecule has 2 aliphatic heterocycles. The number of nitriles is 1. The Morgan fingerprint density at radius 3 is 2.31 bits per heavy atom. The number of amides is 2. The minimum atomic E-state index is -3.28. The van der Waals surface area contributed by atoms with E-state index >= 15 is 0 Å². The molecule has 0 spiro atoms. The second-order valence-corrected chi connectivity index (χ2v) is 14.2. The Morgan fingerprint density at radius 2 is 1.71 bits per heavy atom. The molecule has 5 aliphatic rings. The number of sulfonamides is 1. The van der Waals surface area contributed by atoms with Crippen molar-refractivity contribution in [2.45, 2.75) is 80.9 Å². The molecule has 3 aliphatic carbocycles. The van der Waals surface area contributed by atoms with Crippen LogP contribution in [0.5, 0.6) is 0 Å². The van der Waals surface area contributed by atoms with Crippen LogP contribution >= 0.6 is 0 Å². The fourth-order valence-corrected chi connectivity index (χ4v) is 7.70. The number of benzene rings is 1. The molecule has 3 fully saturated rings. The van der Waals surface area contributed by atoms with Gasteiger partial charge in [-0.05, 0) is 73.9 Å². The van der Waals surface area contributed by atoms with E-state index < -0.39 is 57.3 Å². The molecule has 0 bridgehead atoms. The summed E-state index contributed by atoms with van der Waals surface area (Å²) < 4.78 is 60.2. The summed E-state index contributed by atoms with van der Waals surface area (Å²) in [5.74, 6) is -4.10. The second kappa shape index (κ2) is 9.66. The lowest BCUT2D eigenvalue weighted by molar-refractivity contribution is -0.140. The zero-order valence-corrected chi connectivity index (χ0v) is 24.0. The van der Waals surface area contributed by atoms with Crippen molar-refractivity contribution in [3.63, 3.8) is 0 Å². The van der Waals surface area contributed by atoms with E-state index in [9.17, 15) is 32.0 Å². The van der Waals surface area contributed by atoms with Crippen molar-refractivity contribution in [3.8, 4) is 6.07 Å². The summed E-state index contributed by atoms with van der Waals surface area (Å²) in [6.07, 6.45) is 5.73. The van der Waals surface area contributed by atoms with E-state index in [0.717, 1.165) is 16.7 Å². The van der Waals surface area contributed by atoms with Gasteiger partial charge in [-0.25, -0.2) is 17.2 Å². The highest BCUT2D eigenvalue weighted by atomic mass is 32.2. The topological polar surface area (TPSA) is 129 Å². The van der Waals surface area contributed by atoms with Gasteiger partial charge in [-0.1, -0.05) is 24.3 Å². The normalized spacial score (nSPS) is 27.8. The number of hydrogen-bond acceptors (Lipinski definition) is 6. The molecular weight excluding hydrogens is 566 g/mol. The maximum atomic E-state index is 14.1. The number of carbonyl (C=O) groups excluding carboxylic acids is 2. The molecule has 1 aromatic carbocycles. The van der Waals surface area contributed by atoms with E-state index in [0.29, 0.717) is 37.9 Å². The Balaban J connectivity index is 1.18. The summed E-state index contributed by atoms with van der Waals surface area (Å²) in [7, 11) is -3.28. The zero-order valence-electron chi connectivity index (χ0n) is 23.2. The fraction of sp³-hybridized carbons (Fsp3) is 0.500. The third-order valence-electron chi connectivity index (χ3n) is 9.01. The minimum Gasteiger partial charge on any atom is -0.477 e. The Kier molecular flexibility index (Phi) is 6.53. The molecule has 0 radical (unpaired) electrons. The van der Waals surface area contributed by atoms with Crippen LogP contribution in [0.25, 0.3) is 5.57 Å². The summed E-state index contributed by atoms with van der Waals surface area (Å²) in [6.45, 7) is 2.31. The van der Waals surface area contributed by atoms with Crippen LogP contribution in [0.1, 0.15) is 63.9 Å². The number of rotatable bonds is 6. The Labute approximate surface area is 243 Å². The average molecular weight is 599 g/mol. The largest absolute Gasteiger partial charge is 0.477 e. The molecule has 0 aromatic heterocycles. The van der Waals surface area contributed by atoms with E-state index in [1.807, 2.05) is 31.2 Å². The van der Waals surface area contributed by atoms with Crippen LogP contribution in [-0.2, 0) is 24.3 Å². The molecule has 222 valence electrons. The number of nitrogens with one attached hydrogen (secondary N) is 2. The number of ether oxygens (including phenoxy) is 1. The van der Waals surface area contributed by atoms with Crippen LogP contribution in [0.4, 0.5) is 14.5 Å². The number of alkyl halides is 2. The highest BCUT2D eigenvalue weighted by Gasteiger charge is 2.54. The lowest BCUT2D eigenvalue weighted by Crippen LogP contribution is -2.63. The van der Waals surface area contributed by atoms with Gasteiger partial charge in [0, 0.05) is 25.8 Å². The Hall–Kier alpha value is -3.72. The van der Waals surface area contributed by atoms with E-state index in [1.165, 1.54) is 4.31 Å². The number of halogens is 2. The Bertz CT molecular complexity index is 1580. The van der Waals surface area contributed by atoms with E-state index in [2.05, 4.69) is 16.7 Å². The van der Waals surface area contributed by atoms with Crippen molar-refractivity contribution in [2.24, 2.45) is 0 Å². The van der Waals surface area contributed by atoms with Gasteiger partial charge >= 0.3 is 0 Å². The summed E-state index contributed by atoms with van der Waals surface area (Å²) in [5, 5.41) is 14.8. The molecule has 6 rings (SSSR count). The SMILES string of the molecule is CC12CC(c3ccc(N4CCCS4(=O)=O)cc3)=CC=C1C=C(C(=O)NC1(C(=O)NC3(C#N)CC3)CCC(F)(F)CC1)O2. The maximum absolute atomic E-state index is 14.1. The average Bonchev–Trinajstić information content (AvgIpc) is 3.49. The lowest BCUT2D eigenvalue weighted by Gasteiger charge is -2.40. The van der Waals surface area contributed by atoms with Crippen molar-refractivity contribution in [1.29, 1.82) is 5.26 Å². The van der Waals surface area contributed by atoms with Gasteiger partial charge in [0.1, 0.15) is 16.7 Å². The number of nitrogens with zero attached hydrogens (tertiary/aromatic N) is 2. The first-order chi connectivity index (χ1) is 19.8. The molecule has 2 heterocycles. The van der Waals surface area contributed by atoms with Gasteiger partial charge in [-0.3, -0.25) is 13.9 Å². The third kappa shape index (κ3) is 5.08. The molecule has 2 saturated carbocycles. The highest BCUT2D eigenvalue weighted by Crippen LogP contribution is 2.45.